The Bertz CT molecular complexity index is 136. The molecule has 12 heavy (non-hydrogen) atoms. The molecule has 1 unspecified atom stereocenters. The summed E-state index contributed by atoms with van der Waals surface area (Å²) in [5.74, 6) is 0.257. The van der Waals surface area contributed by atoms with Gasteiger partial charge in [0.15, 0.2) is 6.10 Å². The Labute approximate surface area is 77.5 Å². The number of thioether (sulfide) groups is 1. The van der Waals surface area contributed by atoms with Crippen LogP contribution in [0.2, 0.25) is 0 Å². The van der Waals surface area contributed by atoms with Gasteiger partial charge in [0, 0.05) is 0 Å². The largest absolute Gasteiger partial charge is 0.461 e. The first kappa shape index (κ1) is 11.8. The zero-order valence-corrected chi connectivity index (χ0v) is 8.56. The Balaban J connectivity index is 3.61. The van der Waals surface area contributed by atoms with Crippen molar-refractivity contribution in [3.8, 4) is 0 Å². The van der Waals surface area contributed by atoms with Crippen molar-refractivity contribution in [3.63, 3.8) is 0 Å². The van der Waals surface area contributed by atoms with Gasteiger partial charge in [-0.15, -0.1) is 0 Å². The van der Waals surface area contributed by atoms with Crippen LogP contribution in [0.15, 0.2) is 0 Å². The average Bonchev–Trinajstić information content (AvgIpc) is 1.98. The van der Waals surface area contributed by atoms with E-state index in [-0.39, 0.29) is 6.10 Å². The van der Waals surface area contributed by atoms with Crippen molar-refractivity contribution in [2.75, 3.05) is 12.0 Å². The van der Waals surface area contributed by atoms with E-state index in [9.17, 15) is 9.90 Å². The highest BCUT2D eigenvalue weighted by Crippen LogP contribution is 2.03. The van der Waals surface area contributed by atoms with E-state index in [1.807, 2.05) is 6.26 Å². The van der Waals surface area contributed by atoms with Crippen molar-refractivity contribution in [3.05, 3.63) is 0 Å². The molecule has 1 atom stereocenters. The van der Waals surface area contributed by atoms with Crippen LogP contribution in [0.3, 0.4) is 0 Å². The first-order chi connectivity index (χ1) is 5.57. The van der Waals surface area contributed by atoms with Gasteiger partial charge in [-0.05, 0) is 32.3 Å². The van der Waals surface area contributed by atoms with Crippen molar-refractivity contribution in [2.45, 2.75) is 32.5 Å². The Hall–Kier alpha value is -0.220. The number of hydrogen-bond donors (Lipinski definition) is 1. The van der Waals surface area contributed by atoms with Crippen molar-refractivity contribution in [1.29, 1.82) is 0 Å². The van der Waals surface area contributed by atoms with Crippen molar-refractivity contribution in [2.24, 2.45) is 0 Å². The summed E-state index contributed by atoms with van der Waals surface area (Å²) in [5.41, 5.74) is 0. The lowest BCUT2D eigenvalue weighted by Gasteiger charge is -2.11. The Morgan fingerprint density at radius 2 is 2.17 bits per heavy atom. The van der Waals surface area contributed by atoms with E-state index in [1.165, 1.54) is 0 Å². The average molecular weight is 192 g/mol. The summed E-state index contributed by atoms with van der Waals surface area (Å²) in [4.78, 5) is 11.0. The third kappa shape index (κ3) is 5.43. The molecule has 0 heterocycles. The quantitative estimate of drug-likeness (QED) is 0.661. The van der Waals surface area contributed by atoms with Crippen LogP contribution in [-0.2, 0) is 9.53 Å². The molecule has 0 rings (SSSR count). The number of ether oxygens (including phenoxy) is 1. The number of rotatable bonds is 5. The molecule has 72 valence electrons. The zero-order chi connectivity index (χ0) is 9.56. The molecular formula is C8H16O3S. The van der Waals surface area contributed by atoms with E-state index in [1.54, 1.807) is 25.6 Å². The molecule has 4 heteroatoms. The lowest BCUT2D eigenvalue weighted by molar-refractivity contribution is -0.157. The standard InChI is InChI=1S/C8H16O3S/c1-6(2)11-8(10)7(9)4-5-12-3/h6-7,9H,4-5H2,1-3H3. The fourth-order valence-electron chi connectivity index (χ4n) is 0.658. The highest BCUT2D eigenvalue weighted by molar-refractivity contribution is 7.98. The van der Waals surface area contributed by atoms with Crippen molar-refractivity contribution >= 4 is 17.7 Å². The lowest BCUT2D eigenvalue weighted by atomic mass is 10.3. The second kappa shape index (κ2) is 6.31. The van der Waals surface area contributed by atoms with Crippen LogP contribution in [0.25, 0.3) is 0 Å². The number of carbonyl (C=O) groups excluding carboxylic acids is 1. The SMILES string of the molecule is CSCCC(O)C(=O)OC(C)C. The summed E-state index contributed by atoms with van der Waals surface area (Å²) in [6, 6.07) is 0. The molecule has 0 saturated carbocycles. The molecule has 0 aromatic rings. The summed E-state index contributed by atoms with van der Waals surface area (Å²) in [5, 5.41) is 9.21. The molecule has 0 aromatic carbocycles. The molecule has 0 radical (unpaired) electrons. The maximum absolute atomic E-state index is 11.0. The van der Waals surface area contributed by atoms with E-state index in [4.69, 9.17) is 4.74 Å². The van der Waals surface area contributed by atoms with Crippen molar-refractivity contribution < 1.29 is 14.6 Å². The summed E-state index contributed by atoms with van der Waals surface area (Å²) < 4.78 is 4.81. The highest BCUT2D eigenvalue weighted by atomic mass is 32.2. The second-order valence-corrected chi connectivity index (χ2v) is 3.77. The van der Waals surface area contributed by atoms with Gasteiger partial charge in [0.2, 0.25) is 0 Å². The summed E-state index contributed by atoms with van der Waals surface area (Å²) >= 11 is 1.60. The van der Waals surface area contributed by atoms with Gasteiger partial charge < -0.3 is 9.84 Å². The van der Waals surface area contributed by atoms with Crippen LogP contribution in [0.1, 0.15) is 20.3 Å². The number of aliphatic hydroxyl groups is 1. The van der Waals surface area contributed by atoms with E-state index in [0.717, 1.165) is 5.75 Å². The smallest absolute Gasteiger partial charge is 0.335 e. The Morgan fingerprint density at radius 3 is 2.58 bits per heavy atom. The third-order valence-electron chi connectivity index (χ3n) is 1.22. The van der Waals surface area contributed by atoms with Crippen LogP contribution in [-0.4, -0.2) is 35.3 Å². The van der Waals surface area contributed by atoms with Crippen LogP contribution in [0, 0.1) is 0 Å². The summed E-state index contributed by atoms with van der Waals surface area (Å²) in [7, 11) is 0. The van der Waals surface area contributed by atoms with Gasteiger partial charge in [0.25, 0.3) is 0 Å². The van der Waals surface area contributed by atoms with Gasteiger partial charge in [0.05, 0.1) is 6.10 Å². The molecule has 0 saturated heterocycles. The van der Waals surface area contributed by atoms with E-state index >= 15 is 0 Å². The van der Waals surface area contributed by atoms with Gasteiger partial charge >= 0.3 is 5.97 Å². The third-order valence-corrected chi connectivity index (χ3v) is 1.86. The summed E-state index contributed by atoms with van der Waals surface area (Å²) in [6.45, 7) is 3.53. The first-order valence-corrected chi connectivity index (χ1v) is 5.34. The van der Waals surface area contributed by atoms with Crippen molar-refractivity contribution in [1.82, 2.24) is 0 Å². The molecule has 3 nitrogen and oxygen atoms in total. The fraction of sp³-hybridized carbons (Fsp3) is 0.875. The molecule has 0 spiro atoms. The predicted octanol–water partition coefficient (Wildman–Crippen LogP) is 1.05. The van der Waals surface area contributed by atoms with Gasteiger partial charge in [0.1, 0.15) is 0 Å². The topological polar surface area (TPSA) is 46.5 Å². The molecular weight excluding hydrogens is 176 g/mol. The normalized spacial score (nSPS) is 13.1. The number of carbonyl (C=O) groups is 1. The predicted molar refractivity (Wildman–Crippen MR) is 50.2 cm³/mol. The van der Waals surface area contributed by atoms with Gasteiger partial charge in [-0.2, -0.15) is 11.8 Å². The summed E-state index contributed by atoms with van der Waals surface area (Å²) in [6.07, 6.45) is 1.29. The van der Waals surface area contributed by atoms with Gasteiger partial charge in [-0.1, -0.05) is 0 Å². The molecule has 0 aliphatic rings. The maximum atomic E-state index is 11.0. The lowest BCUT2D eigenvalue weighted by Crippen LogP contribution is -2.26. The van der Waals surface area contributed by atoms with E-state index in [2.05, 4.69) is 0 Å². The number of esters is 1. The second-order valence-electron chi connectivity index (χ2n) is 2.78. The fourth-order valence-corrected chi connectivity index (χ4v) is 1.12. The minimum Gasteiger partial charge on any atom is -0.461 e. The molecule has 0 aliphatic heterocycles. The van der Waals surface area contributed by atoms with Crippen LogP contribution < -0.4 is 0 Å². The Morgan fingerprint density at radius 1 is 1.58 bits per heavy atom. The van der Waals surface area contributed by atoms with E-state index < -0.39 is 12.1 Å². The number of aliphatic hydroxyl groups excluding tert-OH is 1. The Kier molecular flexibility index (Phi) is 6.20. The monoisotopic (exact) mass is 192 g/mol. The molecule has 0 bridgehead atoms. The highest BCUT2D eigenvalue weighted by Gasteiger charge is 2.16. The minimum absolute atomic E-state index is 0.151. The minimum atomic E-state index is -0.958. The molecule has 1 N–H and O–H groups in total. The number of hydrogen-bond acceptors (Lipinski definition) is 4. The zero-order valence-electron chi connectivity index (χ0n) is 7.74. The molecule has 0 fully saturated rings. The molecule has 0 aromatic heterocycles. The van der Waals surface area contributed by atoms with E-state index in [0.29, 0.717) is 6.42 Å². The van der Waals surface area contributed by atoms with Crippen LogP contribution >= 0.6 is 11.8 Å². The first-order valence-electron chi connectivity index (χ1n) is 3.95. The van der Waals surface area contributed by atoms with Crippen LogP contribution in [0.4, 0.5) is 0 Å². The van der Waals surface area contributed by atoms with Gasteiger partial charge in [-0.25, -0.2) is 4.79 Å². The maximum Gasteiger partial charge on any atom is 0.335 e. The molecule has 0 aliphatic carbocycles. The molecule has 0 amide bonds. The van der Waals surface area contributed by atoms with Crippen LogP contribution in [0.5, 0.6) is 0 Å². The van der Waals surface area contributed by atoms with Gasteiger partial charge in [-0.3, -0.25) is 0 Å².